The summed E-state index contributed by atoms with van der Waals surface area (Å²) in [5, 5.41) is 6.75. The molecule has 2 atom stereocenters. The van der Waals surface area contributed by atoms with Gasteiger partial charge >= 0.3 is 0 Å². The van der Waals surface area contributed by atoms with Crippen molar-refractivity contribution < 1.29 is 22.8 Å². The van der Waals surface area contributed by atoms with E-state index in [1.807, 2.05) is 97.1 Å². The molecule has 75 heavy (non-hydrogen) atoms. The Labute approximate surface area is 444 Å². The van der Waals surface area contributed by atoms with Crippen LogP contribution in [0.15, 0.2) is 199 Å². The summed E-state index contributed by atoms with van der Waals surface area (Å²) in [4.78, 5) is 45.7. The predicted molar refractivity (Wildman–Crippen MR) is 298 cm³/mol. The zero-order valence-electron chi connectivity index (χ0n) is 42.9. The van der Waals surface area contributed by atoms with E-state index in [1.165, 1.54) is 38.7 Å². The largest absolute Gasteiger partial charge is 0.352 e. The van der Waals surface area contributed by atoms with Crippen LogP contribution in [0.2, 0.25) is 0 Å². The highest BCUT2D eigenvalue weighted by Gasteiger charge is 2.41. The second-order valence-electron chi connectivity index (χ2n) is 20.4. The highest BCUT2D eigenvalue weighted by Crippen LogP contribution is 2.31. The standard InChI is InChI=1S/C65H70N4O5S/c70-63(66-58(37-17-29-49-21-5-1-6-22-49)38-18-30-50-23-7-2-8-24-50)61-45-54-33-13-15-35-56(54)47-68(61)65(72)53-41-43-60(44-42-53)75(73,74)69-48-57-36-16-14-34-55(57)46-62(69)64(71)67-59(39-19-31-51-25-9-3-10-26-51)40-20-32-52-27-11-4-12-28-52/h1-16,21-28,33-36,41-44,58-59,61-62H,17-20,29-32,37-40,45-48H2,(H,66,70)(H,67,71). The fourth-order valence-electron chi connectivity index (χ4n) is 11.0. The normalized spacial score (nSPS) is 15.5. The van der Waals surface area contributed by atoms with Crippen LogP contribution < -0.4 is 10.6 Å². The van der Waals surface area contributed by atoms with Crippen molar-refractivity contribution in [2.75, 3.05) is 0 Å². The number of rotatable bonds is 23. The van der Waals surface area contributed by atoms with Gasteiger partial charge in [-0.05, 0) is 152 Å². The molecule has 2 heterocycles. The zero-order valence-corrected chi connectivity index (χ0v) is 43.8. The Morgan fingerprint density at radius 2 is 0.773 bits per heavy atom. The highest BCUT2D eigenvalue weighted by molar-refractivity contribution is 7.89. The molecule has 7 aromatic carbocycles. The van der Waals surface area contributed by atoms with E-state index in [9.17, 15) is 22.8 Å². The Balaban J connectivity index is 0.914. The molecule has 3 amide bonds. The monoisotopic (exact) mass is 1020 g/mol. The van der Waals surface area contributed by atoms with Gasteiger partial charge in [0, 0.05) is 37.2 Å². The van der Waals surface area contributed by atoms with Crippen LogP contribution in [0.5, 0.6) is 0 Å². The first-order chi connectivity index (χ1) is 36.7. The molecule has 9 nitrogen and oxygen atoms in total. The lowest BCUT2D eigenvalue weighted by molar-refractivity contribution is -0.127. The maximum Gasteiger partial charge on any atom is 0.254 e. The van der Waals surface area contributed by atoms with Crippen molar-refractivity contribution >= 4 is 27.7 Å². The molecule has 2 unspecified atom stereocenters. The summed E-state index contributed by atoms with van der Waals surface area (Å²) in [5.74, 6) is -0.854. The lowest BCUT2D eigenvalue weighted by Gasteiger charge is -2.37. The summed E-state index contributed by atoms with van der Waals surface area (Å²) in [6.45, 7) is 0.275. The van der Waals surface area contributed by atoms with E-state index >= 15 is 0 Å². The Morgan fingerprint density at radius 1 is 0.427 bits per heavy atom. The predicted octanol–water partition coefficient (Wildman–Crippen LogP) is 11.4. The SMILES string of the molecule is O=C(NC(CCCc1ccccc1)CCCc1ccccc1)C1Cc2ccccc2CN1C(=O)c1ccc(S(=O)(=O)N2Cc3ccccc3CC2C(=O)NC(CCCc2ccccc2)CCCc2ccccc2)cc1. The number of hydrogen-bond donors (Lipinski definition) is 2. The second kappa shape index (κ2) is 25.9. The van der Waals surface area contributed by atoms with Gasteiger partial charge in [0.1, 0.15) is 12.1 Å². The Morgan fingerprint density at radius 3 is 1.19 bits per heavy atom. The number of sulfonamides is 1. The van der Waals surface area contributed by atoms with Gasteiger partial charge in [-0.15, -0.1) is 0 Å². The average Bonchev–Trinajstić information content (AvgIpc) is 3.46. The molecular formula is C65H70N4O5S. The second-order valence-corrected chi connectivity index (χ2v) is 22.3. The van der Waals surface area contributed by atoms with Gasteiger partial charge in [-0.1, -0.05) is 170 Å². The Hall–Kier alpha value is -7.14. The summed E-state index contributed by atoms with van der Waals surface area (Å²) in [6, 6.07) is 61.2. The van der Waals surface area contributed by atoms with Crippen LogP contribution >= 0.6 is 0 Å². The summed E-state index contributed by atoms with van der Waals surface area (Å²) < 4.78 is 31.2. The van der Waals surface area contributed by atoms with Crippen LogP contribution in [0.1, 0.15) is 106 Å². The summed E-state index contributed by atoms with van der Waals surface area (Å²) in [5.41, 5.74) is 9.08. The molecule has 7 aromatic rings. The van der Waals surface area contributed by atoms with E-state index in [0.717, 1.165) is 99.3 Å². The third kappa shape index (κ3) is 14.2. The summed E-state index contributed by atoms with van der Waals surface area (Å²) in [7, 11) is -4.25. The van der Waals surface area contributed by atoms with Crippen molar-refractivity contribution in [3.63, 3.8) is 0 Å². The van der Waals surface area contributed by atoms with Crippen molar-refractivity contribution in [3.8, 4) is 0 Å². The molecule has 2 N–H and O–H groups in total. The smallest absolute Gasteiger partial charge is 0.254 e. The number of fused-ring (bicyclic) bond motifs is 2. The van der Waals surface area contributed by atoms with Gasteiger partial charge in [-0.2, -0.15) is 4.31 Å². The van der Waals surface area contributed by atoms with Crippen molar-refractivity contribution in [2.45, 2.75) is 132 Å². The van der Waals surface area contributed by atoms with Gasteiger partial charge in [0.25, 0.3) is 5.91 Å². The topological polar surface area (TPSA) is 116 Å². The molecule has 0 saturated carbocycles. The zero-order chi connectivity index (χ0) is 51.8. The minimum atomic E-state index is -4.25. The van der Waals surface area contributed by atoms with E-state index in [-0.39, 0.29) is 59.8 Å². The van der Waals surface area contributed by atoms with Gasteiger partial charge in [0.2, 0.25) is 21.8 Å². The van der Waals surface area contributed by atoms with Gasteiger partial charge < -0.3 is 15.5 Å². The molecule has 10 heteroatoms. The Bertz CT molecular complexity index is 2970. The molecule has 0 spiro atoms. The number of nitrogens with one attached hydrogen (secondary N) is 2. The fourth-order valence-corrected chi connectivity index (χ4v) is 12.5. The van der Waals surface area contributed by atoms with Gasteiger partial charge in [-0.25, -0.2) is 8.42 Å². The lowest BCUT2D eigenvalue weighted by Crippen LogP contribution is -2.54. The van der Waals surface area contributed by atoms with Crippen LogP contribution in [-0.2, 0) is 71.2 Å². The third-order valence-electron chi connectivity index (χ3n) is 15.2. The van der Waals surface area contributed by atoms with Gasteiger partial charge in [0.05, 0.1) is 4.90 Å². The molecule has 0 saturated heterocycles. The molecule has 0 fully saturated rings. The van der Waals surface area contributed by atoms with Crippen molar-refractivity contribution in [1.29, 1.82) is 0 Å². The molecule has 386 valence electrons. The Kier molecular flexibility index (Phi) is 18.2. The van der Waals surface area contributed by atoms with Gasteiger partial charge in [-0.3, -0.25) is 14.4 Å². The first-order valence-electron chi connectivity index (χ1n) is 27.0. The number of hydrogen-bond acceptors (Lipinski definition) is 5. The molecule has 0 bridgehead atoms. The fraction of sp³-hybridized carbons (Fsp3) is 0.308. The van der Waals surface area contributed by atoms with Crippen LogP contribution in [0.4, 0.5) is 0 Å². The molecule has 0 aromatic heterocycles. The minimum absolute atomic E-state index is 0.00867. The lowest BCUT2D eigenvalue weighted by atomic mass is 9.92. The maximum absolute atomic E-state index is 14.9. The summed E-state index contributed by atoms with van der Waals surface area (Å²) >= 11 is 0. The van der Waals surface area contributed by atoms with E-state index in [2.05, 4.69) is 83.4 Å². The van der Waals surface area contributed by atoms with E-state index in [4.69, 9.17) is 0 Å². The van der Waals surface area contributed by atoms with E-state index in [0.29, 0.717) is 6.42 Å². The number of nitrogens with zero attached hydrogens (tertiary/aromatic N) is 2. The summed E-state index contributed by atoms with van der Waals surface area (Å²) in [6.07, 6.45) is 10.9. The molecule has 9 rings (SSSR count). The van der Waals surface area contributed by atoms with Crippen molar-refractivity contribution in [2.24, 2.45) is 0 Å². The molecule has 0 radical (unpaired) electrons. The molecular weight excluding hydrogens is 949 g/mol. The van der Waals surface area contributed by atoms with E-state index < -0.39 is 22.1 Å². The highest BCUT2D eigenvalue weighted by atomic mass is 32.2. The molecule has 2 aliphatic rings. The maximum atomic E-state index is 14.9. The minimum Gasteiger partial charge on any atom is -0.352 e. The number of amides is 3. The number of carbonyl (C=O) groups excluding carboxylic acids is 3. The number of benzene rings is 7. The average molecular weight is 1020 g/mol. The van der Waals surface area contributed by atoms with Crippen molar-refractivity contribution in [1.82, 2.24) is 19.8 Å². The van der Waals surface area contributed by atoms with Crippen LogP contribution in [0, 0.1) is 0 Å². The van der Waals surface area contributed by atoms with Crippen LogP contribution in [0.25, 0.3) is 0 Å². The first-order valence-corrected chi connectivity index (χ1v) is 28.4. The molecule has 0 aliphatic carbocycles. The molecule has 2 aliphatic heterocycles. The van der Waals surface area contributed by atoms with Crippen molar-refractivity contribution in [3.05, 3.63) is 244 Å². The number of carbonyl (C=O) groups is 3. The number of aryl methyl sites for hydroxylation is 4. The van der Waals surface area contributed by atoms with Crippen LogP contribution in [0.3, 0.4) is 0 Å². The first kappa shape index (κ1) is 52.7. The van der Waals surface area contributed by atoms with Crippen LogP contribution in [-0.4, -0.2) is 59.5 Å². The van der Waals surface area contributed by atoms with E-state index in [1.54, 1.807) is 17.0 Å². The van der Waals surface area contributed by atoms with Gasteiger partial charge in [0.15, 0.2) is 0 Å². The third-order valence-corrected chi connectivity index (χ3v) is 17.0. The quantitative estimate of drug-likeness (QED) is 0.0662.